The molecule has 0 spiro atoms. The maximum atomic E-state index is 12.4. The maximum absolute atomic E-state index is 12.4. The van der Waals surface area contributed by atoms with Gasteiger partial charge in [0.05, 0.1) is 17.7 Å². The van der Waals surface area contributed by atoms with Gasteiger partial charge in [0.1, 0.15) is 5.58 Å². The predicted molar refractivity (Wildman–Crippen MR) is 125 cm³/mol. The molecule has 1 heterocycles. The standard InChI is InChI=1S/C24H27N3O2S/c1-4-6-7-9-17(3)10-8-11-20(5-2)26-24(30)27-23(28)22-15-19-14-18(16-25)12-13-21(19)29-22/h5,8,10-15,20H,2,4,6-7,9H2,1,3H3,(H2,26,27,28,30)/b11-8?,17-10+. The number of unbranched alkanes of at least 4 members (excludes halogenated alkanes) is 2. The number of hydrogen-bond donors (Lipinski definition) is 2. The first-order chi connectivity index (χ1) is 14.5. The van der Waals surface area contributed by atoms with Crippen LogP contribution >= 0.6 is 12.2 Å². The fraction of sp³-hybridized carbons (Fsp3) is 0.292. The lowest BCUT2D eigenvalue weighted by Crippen LogP contribution is -2.42. The summed E-state index contributed by atoms with van der Waals surface area (Å²) in [6.45, 7) is 8.12. The Labute approximate surface area is 183 Å². The van der Waals surface area contributed by atoms with Gasteiger partial charge in [0.25, 0.3) is 5.91 Å². The Morgan fingerprint density at radius 3 is 2.87 bits per heavy atom. The molecule has 1 amide bonds. The number of nitriles is 1. The number of allylic oxidation sites excluding steroid dienone is 3. The monoisotopic (exact) mass is 421 g/mol. The summed E-state index contributed by atoms with van der Waals surface area (Å²) in [5.41, 5.74) is 2.36. The van der Waals surface area contributed by atoms with E-state index in [1.165, 1.54) is 24.8 Å². The Hall–Kier alpha value is -3.17. The third-order valence-electron chi connectivity index (χ3n) is 4.52. The number of nitrogens with zero attached hydrogens (tertiary/aromatic N) is 1. The second-order valence-corrected chi connectivity index (χ2v) is 7.43. The minimum absolute atomic E-state index is 0.126. The summed E-state index contributed by atoms with van der Waals surface area (Å²) in [6, 6.07) is 8.41. The molecular weight excluding hydrogens is 394 g/mol. The average Bonchev–Trinajstić information content (AvgIpc) is 3.16. The molecule has 6 heteroatoms. The molecule has 0 saturated carbocycles. The maximum Gasteiger partial charge on any atom is 0.293 e. The molecule has 0 fully saturated rings. The zero-order valence-corrected chi connectivity index (χ0v) is 18.2. The Morgan fingerprint density at radius 2 is 2.17 bits per heavy atom. The van der Waals surface area contributed by atoms with E-state index < -0.39 is 5.91 Å². The number of benzene rings is 1. The largest absolute Gasteiger partial charge is 0.451 e. The van der Waals surface area contributed by atoms with E-state index in [0.29, 0.717) is 16.5 Å². The normalized spacial score (nSPS) is 12.5. The van der Waals surface area contributed by atoms with Crippen molar-refractivity contribution in [2.75, 3.05) is 0 Å². The molecule has 0 saturated heterocycles. The number of fused-ring (bicyclic) bond motifs is 1. The summed E-state index contributed by atoms with van der Waals surface area (Å²) in [6.07, 6.45) is 12.4. The van der Waals surface area contributed by atoms with Crippen LogP contribution in [0.5, 0.6) is 0 Å². The molecule has 1 aromatic carbocycles. The number of nitrogens with one attached hydrogen (secondary N) is 2. The van der Waals surface area contributed by atoms with Gasteiger partial charge in [-0.3, -0.25) is 10.1 Å². The topological polar surface area (TPSA) is 78.1 Å². The second kappa shape index (κ2) is 11.7. The lowest BCUT2D eigenvalue weighted by atomic mass is 10.1. The molecule has 2 aromatic rings. The Bertz CT molecular complexity index is 1010. The first-order valence-corrected chi connectivity index (χ1v) is 10.4. The summed E-state index contributed by atoms with van der Waals surface area (Å²) in [5, 5.41) is 15.5. The number of rotatable bonds is 9. The summed E-state index contributed by atoms with van der Waals surface area (Å²) >= 11 is 5.24. The fourth-order valence-electron chi connectivity index (χ4n) is 2.84. The van der Waals surface area contributed by atoms with Crippen LogP contribution in [0.4, 0.5) is 0 Å². The first kappa shape index (κ1) is 23.1. The molecular formula is C24H27N3O2S. The number of thiocarbonyl (C=S) groups is 1. The lowest BCUT2D eigenvalue weighted by molar-refractivity contribution is 0.0951. The van der Waals surface area contributed by atoms with E-state index in [2.05, 4.69) is 43.2 Å². The highest BCUT2D eigenvalue weighted by molar-refractivity contribution is 7.80. The molecule has 0 aliphatic carbocycles. The number of amides is 1. The van der Waals surface area contributed by atoms with Crippen LogP contribution < -0.4 is 10.6 Å². The van der Waals surface area contributed by atoms with E-state index >= 15 is 0 Å². The second-order valence-electron chi connectivity index (χ2n) is 7.02. The molecule has 0 radical (unpaired) electrons. The molecule has 30 heavy (non-hydrogen) atoms. The highest BCUT2D eigenvalue weighted by atomic mass is 32.1. The van der Waals surface area contributed by atoms with Gasteiger partial charge in [-0.25, -0.2) is 0 Å². The summed E-state index contributed by atoms with van der Waals surface area (Å²) in [5.74, 6) is -0.332. The zero-order chi connectivity index (χ0) is 21.9. The zero-order valence-electron chi connectivity index (χ0n) is 17.4. The molecule has 0 bridgehead atoms. The molecule has 2 N–H and O–H groups in total. The van der Waals surface area contributed by atoms with E-state index in [1.807, 2.05) is 12.2 Å². The van der Waals surface area contributed by atoms with Crippen LogP contribution in [0.3, 0.4) is 0 Å². The van der Waals surface area contributed by atoms with Crippen molar-refractivity contribution in [3.8, 4) is 6.07 Å². The van der Waals surface area contributed by atoms with Gasteiger partial charge in [-0.1, -0.05) is 49.6 Å². The molecule has 1 atom stereocenters. The van der Waals surface area contributed by atoms with Crippen molar-refractivity contribution in [2.24, 2.45) is 0 Å². The van der Waals surface area contributed by atoms with Crippen LogP contribution in [0.1, 0.15) is 55.6 Å². The Balaban J connectivity index is 1.92. The summed E-state index contributed by atoms with van der Waals surface area (Å²) in [7, 11) is 0. The minimum Gasteiger partial charge on any atom is -0.451 e. The minimum atomic E-state index is -0.458. The molecule has 0 aliphatic heterocycles. The van der Waals surface area contributed by atoms with Crippen molar-refractivity contribution >= 4 is 34.2 Å². The Morgan fingerprint density at radius 1 is 1.37 bits per heavy atom. The van der Waals surface area contributed by atoms with Crippen LogP contribution in [0.2, 0.25) is 0 Å². The van der Waals surface area contributed by atoms with E-state index in [1.54, 1.807) is 30.3 Å². The van der Waals surface area contributed by atoms with Gasteiger partial charge in [-0.15, -0.1) is 6.58 Å². The molecule has 1 aromatic heterocycles. The van der Waals surface area contributed by atoms with Gasteiger partial charge in [0.2, 0.25) is 0 Å². The van der Waals surface area contributed by atoms with Crippen molar-refractivity contribution < 1.29 is 9.21 Å². The molecule has 5 nitrogen and oxygen atoms in total. The van der Waals surface area contributed by atoms with E-state index in [4.69, 9.17) is 21.9 Å². The summed E-state index contributed by atoms with van der Waals surface area (Å²) in [4.78, 5) is 12.4. The van der Waals surface area contributed by atoms with Crippen molar-refractivity contribution in [3.05, 3.63) is 72.0 Å². The van der Waals surface area contributed by atoms with Crippen LogP contribution in [0, 0.1) is 11.3 Å². The highest BCUT2D eigenvalue weighted by Crippen LogP contribution is 2.20. The fourth-order valence-corrected chi connectivity index (χ4v) is 3.07. The van der Waals surface area contributed by atoms with Gasteiger partial charge in [0, 0.05) is 5.39 Å². The van der Waals surface area contributed by atoms with Gasteiger partial charge in [-0.2, -0.15) is 5.26 Å². The van der Waals surface area contributed by atoms with Gasteiger partial charge >= 0.3 is 0 Å². The third kappa shape index (κ3) is 7.02. The van der Waals surface area contributed by atoms with Crippen LogP contribution in [0.15, 0.2) is 65.1 Å². The van der Waals surface area contributed by atoms with Gasteiger partial charge in [-0.05, 0) is 56.2 Å². The van der Waals surface area contributed by atoms with Crippen LogP contribution in [-0.2, 0) is 0 Å². The number of hydrogen-bond acceptors (Lipinski definition) is 4. The highest BCUT2D eigenvalue weighted by Gasteiger charge is 2.14. The van der Waals surface area contributed by atoms with Crippen LogP contribution in [-0.4, -0.2) is 17.1 Å². The van der Waals surface area contributed by atoms with E-state index in [-0.39, 0.29) is 16.9 Å². The average molecular weight is 422 g/mol. The summed E-state index contributed by atoms with van der Waals surface area (Å²) < 4.78 is 5.54. The lowest BCUT2D eigenvalue weighted by Gasteiger charge is -2.13. The van der Waals surface area contributed by atoms with Crippen molar-refractivity contribution in [1.82, 2.24) is 10.6 Å². The number of furan rings is 1. The van der Waals surface area contributed by atoms with Gasteiger partial charge < -0.3 is 9.73 Å². The quantitative estimate of drug-likeness (QED) is 0.240. The Kier molecular flexibility index (Phi) is 9.04. The third-order valence-corrected chi connectivity index (χ3v) is 4.74. The smallest absolute Gasteiger partial charge is 0.293 e. The van der Waals surface area contributed by atoms with E-state index in [9.17, 15) is 4.79 Å². The predicted octanol–water partition coefficient (Wildman–Crippen LogP) is 5.55. The van der Waals surface area contributed by atoms with Crippen LogP contribution in [0.25, 0.3) is 11.0 Å². The molecule has 2 rings (SSSR count). The first-order valence-electron chi connectivity index (χ1n) is 9.99. The number of carbonyl (C=O) groups is 1. The van der Waals surface area contributed by atoms with Gasteiger partial charge in [0.15, 0.2) is 10.9 Å². The molecule has 0 aliphatic rings. The number of carbonyl (C=O) groups excluding carboxylic acids is 1. The SMILES string of the molecule is C=CC(C=C/C=C(\C)CCCCC)NC(=S)NC(=O)c1cc2cc(C#N)ccc2o1. The molecule has 1 unspecified atom stereocenters. The van der Waals surface area contributed by atoms with Crippen molar-refractivity contribution in [3.63, 3.8) is 0 Å². The van der Waals surface area contributed by atoms with E-state index in [0.717, 1.165) is 6.42 Å². The van der Waals surface area contributed by atoms with Crippen molar-refractivity contribution in [2.45, 2.75) is 45.6 Å². The van der Waals surface area contributed by atoms with Crippen molar-refractivity contribution in [1.29, 1.82) is 5.26 Å². The molecule has 156 valence electrons.